The summed E-state index contributed by atoms with van der Waals surface area (Å²) in [5.74, 6) is 0.546. The van der Waals surface area contributed by atoms with E-state index in [1.165, 1.54) is 6.08 Å². The Hall–Kier alpha value is -0.590. The van der Waals surface area contributed by atoms with Crippen LogP contribution in [-0.2, 0) is 0 Å². The normalized spacial score (nSPS) is 13.5. The molecule has 0 nitrogen and oxygen atoms in total. The molecule has 0 aromatic carbocycles. The standard InChI is InChI=1S/C9H15F/c1-8(2)7-9(3)5-4-6-10/h4-5,7-8H,6H2,1-3H3/b5-4-,9-7-. The minimum atomic E-state index is -0.372. The molecule has 0 saturated heterocycles. The zero-order chi connectivity index (χ0) is 7.98. The topological polar surface area (TPSA) is 0 Å². The molecule has 0 rings (SSSR count). The summed E-state index contributed by atoms with van der Waals surface area (Å²) in [6.07, 6.45) is 5.43. The molecule has 0 heterocycles. The molecule has 0 spiro atoms. The Morgan fingerprint density at radius 3 is 2.50 bits per heavy atom. The van der Waals surface area contributed by atoms with Gasteiger partial charge in [-0.05, 0) is 12.8 Å². The second kappa shape index (κ2) is 5.21. The fourth-order valence-corrected chi connectivity index (χ4v) is 0.812. The number of hydrogen-bond acceptors (Lipinski definition) is 0. The predicted octanol–water partition coefficient (Wildman–Crippen LogP) is 3.11. The Balaban J connectivity index is 3.82. The van der Waals surface area contributed by atoms with Gasteiger partial charge < -0.3 is 0 Å². The van der Waals surface area contributed by atoms with Crippen molar-refractivity contribution in [2.24, 2.45) is 5.92 Å². The lowest BCUT2D eigenvalue weighted by molar-refractivity contribution is 0.561. The van der Waals surface area contributed by atoms with E-state index in [2.05, 4.69) is 19.9 Å². The maximum atomic E-state index is 11.6. The first kappa shape index (κ1) is 9.41. The average molecular weight is 142 g/mol. The second-order valence-electron chi connectivity index (χ2n) is 2.71. The van der Waals surface area contributed by atoms with E-state index >= 15 is 0 Å². The highest BCUT2D eigenvalue weighted by Gasteiger charge is 1.85. The molecule has 0 aliphatic carbocycles. The molecule has 0 saturated carbocycles. The van der Waals surface area contributed by atoms with Crippen LogP contribution in [0.3, 0.4) is 0 Å². The predicted molar refractivity (Wildman–Crippen MR) is 43.7 cm³/mol. The van der Waals surface area contributed by atoms with Crippen LogP contribution in [0.25, 0.3) is 0 Å². The maximum absolute atomic E-state index is 11.6. The summed E-state index contributed by atoms with van der Waals surface area (Å²) < 4.78 is 11.6. The van der Waals surface area contributed by atoms with E-state index in [0.29, 0.717) is 5.92 Å². The van der Waals surface area contributed by atoms with E-state index in [4.69, 9.17) is 0 Å². The first-order chi connectivity index (χ1) is 4.66. The van der Waals surface area contributed by atoms with Gasteiger partial charge in [-0.1, -0.05) is 37.6 Å². The van der Waals surface area contributed by atoms with Gasteiger partial charge in [-0.25, -0.2) is 4.39 Å². The molecule has 0 fully saturated rings. The monoisotopic (exact) mass is 142 g/mol. The summed E-state index contributed by atoms with van der Waals surface area (Å²) in [6.45, 7) is 5.81. The van der Waals surface area contributed by atoms with E-state index in [9.17, 15) is 4.39 Å². The molecule has 0 aromatic heterocycles. The van der Waals surface area contributed by atoms with Gasteiger partial charge in [-0.15, -0.1) is 0 Å². The van der Waals surface area contributed by atoms with Crippen LogP contribution in [0.2, 0.25) is 0 Å². The summed E-state index contributed by atoms with van der Waals surface area (Å²) in [5.41, 5.74) is 1.13. The van der Waals surface area contributed by atoms with Crippen molar-refractivity contribution >= 4 is 0 Å². The largest absolute Gasteiger partial charge is 0.247 e. The third kappa shape index (κ3) is 5.54. The molecule has 0 amide bonds. The van der Waals surface area contributed by atoms with E-state index in [1.54, 1.807) is 6.08 Å². The van der Waals surface area contributed by atoms with Gasteiger partial charge in [0.1, 0.15) is 6.67 Å². The van der Waals surface area contributed by atoms with Gasteiger partial charge in [0.2, 0.25) is 0 Å². The summed E-state index contributed by atoms with van der Waals surface area (Å²) in [5, 5.41) is 0. The molecule has 0 bridgehead atoms. The Bertz CT molecular complexity index is 132. The zero-order valence-electron chi connectivity index (χ0n) is 6.89. The number of hydrogen-bond donors (Lipinski definition) is 0. The second-order valence-corrected chi connectivity index (χ2v) is 2.71. The fourth-order valence-electron chi connectivity index (χ4n) is 0.812. The van der Waals surface area contributed by atoms with E-state index in [1.807, 2.05) is 6.92 Å². The lowest BCUT2D eigenvalue weighted by atomic mass is 10.1. The van der Waals surface area contributed by atoms with Crippen molar-refractivity contribution in [3.05, 3.63) is 23.8 Å². The van der Waals surface area contributed by atoms with Crippen molar-refractivity contribution in [1.29, 1.82) is 0 Å². The summed E-state index contributed by atoms with van der Waals surface area (Å²) in [4.78, 5) is 0. The SMILES string of the molecule is CC(/C=C\CF)=C/C(C)C. The van der Waals surface area contributed by atoms with Gasteiger partial charge >= 0.3 is 0 Å². The first-order valence-electron chi connectivity index (χ1n) is 3.57. The molecule has 0 radical (unpaired) electrons. The van der Waals surface area contributed by atoms with Crippen LogP contribution in [0.15, 0.2) is 23.8 Å². The Labute approximate surface area is 62.4 Å². The highest BCUT2D eigenvalue weighted by Crippen LogP contribution is 2.02. The Morgan fingerprint density at radius 2 is 2.10 bits per heavy atom. The molecular weight excluding hydrogens is 127 g/mol. The van der Waals surface area contributed by atoms with Crippen molar-refractivity contribution in [3.8, 4) is 0 Å². The first-order valence-corrected chi connectivity index (χ1v) is 3.57. The third-order valence-electron chi connectivity index (χ3n) is 1.07. The van der Waals surface area contributed by atoms with Gasteiger partial charge in [-0.3, -0.25) is 0 Å². The molecule has 0 aliphatic heterocycles. The van der Waals surface area contributed by atoms with Gasteiger partial charge in [-0.2, -0.15) is 0 Å². The maximum Gasteiger partial charge on any atom is 0.108 e. The molecule has 0 aliphatic rings. The Kier molecular flexibility index (Phi) is 4.91. The van der Waals surface area contributed by atoms with Gasteiger partial charge in [0.15, 0.2) is 0 Å². The Morgan fingerprint density at radius 1 is 1.50 bits per heavy atom. The average Bonchev–Trinajstić information content (AvgIpc) is 1.82. The highest BCUT2D eigenvalue weighted by molar-refractivity contribution is 5.16. The number of allylic oxidation sites excluding steroid dienone is 4. The summed E-state index contributed by atoms with van der Waals surface area (Å²) in [6, 6.07) is 0. The molecule has 58 valence electrons. The van der Waals surface area contributed by atoms with Crippen molar-refractivity contribution < 1.29 is 4.39 Å². The van der Waals surface area contributed by atoms with Crippen LogP contribution in [-0.4, -0.2) is 6.67 Å². The molecular formula is C9H15F. The number of halogens is 1. The summed E-state index contributed by atoms with van der Waals surface area (Å²) in [7, 11) is 0. The van der Waals surface area contributed by atoms with Crippen molar-refractivity contribution in [3.63, 3.8) is 0 Å². The van der Waals surface area contributed by atoms with E-state index < -0.39 is 0 Å². The molecule has 10 heavy (non-hydrogen) atoms. The van der Waals surface area contributed by atoms with Crippen LogP contribution in [0.1, 0.15) is 20.8 Å². The van der Waals surface area contributed by atoms with E-state index in [-0.39, 0.29) is 6.67 Å². The lowest BCUT2D eigenvalue weighted by Gasteiger charge is -1.95. The quantitative estimate of drug-likeness (QED) is 0.531. The van der Waals surface area contributed by atoms with Crippen molar-refractivity contribution in [1.82, 2.24) is 0 Å². The lowest BCUT2D eigenvalue weighted by Crippen LogP contribution is -1.80. The van der Waals surface area contributed by atoms with Crippen LogP contribution >= 0.6 is 0 Å². The molecule has 1 heteroatoms. The third-order valence-corrected chi connectivity index (χ3v) is 1.07. The summed E-state index contributed by atoms with van der Waals surface area (Å²) >= 11 is 0. The van der Waals surface area contributed by atoms with Gasteiger partial charge in [0.25, 0.3) is 0 Å². The van der Waals surface area contributed by atoms with Crippen molar-refractivity contribution in [2.75, 3.05) is 6.67 Å². The minimum absolute atomic E-state index is 0.372. The molecule has 0 N–H and O–H groups in total. The fraction of sp³-hybridized carbons (Fsp3) is 0.556. The van der Waals surface area contributed by atoms with Crippen LogP contribution in [0.5, 0.6) is 0 Å². The van der Waals surface area contributed by atoms with Gasteiger partial charge in [0.05, 0.1) is 0 Å². The van der Waals surface area contributed by atoms with E-state index in [0.717, 1.165) is 5.57 Å². The van der Waals surface area contributed by atoms with Gasteiger partial charge in [0, 0.05) is 0 Å². The highest BCUT2D eigenvalue weighted by atomic mass is 19.1. The molecule has 0 unspecified atom stereocenters. The van der Waals surface area contributed by atoms with Crippen molar-refractivity contribution in [2.45, 2.75) is 20.8 Å². The molecule has 0 aromatic rings. The molecule has 0 atom stereocenters. The number of alkyl halides is 1. The zero-order valence-corrected chi connectivity index (χ0v) is 6.89. The minimum Gasteiger partial charge on any atom is -0.247 e. The van der Waals surface area contributed by atoms with Crippen LogP contribution in [0.4, 0.5) is 4.39 Å². The number of rotatable bonds is 3. The van der Waals surface area contributed by atoms with Crippen LogP contribution in [0, 0.1) is 5.92 Å². The van der Waals surface area contributed by atoms with Crippen LogP contribution < -0.4 is 0 Å². The smallest absolute Gasteiger partial charge is 0.108 e.